The number of carbonyl (C=O) groups is 1. The molecular weight excluding hydrogens is 354 g/mol. The Bertz CT molecular complexity index is 1230. The molecule has 0 atom stereocenters. The Morgan fingerprint density at radius 2 is 1.75 bits per heavy atom. The second-order valence-electron chi connectivity index (χ2n) is 7.22. The molecule has 2 aromatic carbocycles. The predicted molar refractivity (Wildman–Crippen MR) is 106 cm³/mol. The lowest BCUT2D eigenvalue weighted by Crippen LogP contribution is -2.38. The summed E-state index contributed by atoms with van der Waals surface area (Å²) >= 11 is 0. The van der Waals surface area contributed by atoms with E-state index in [1.807, 2.05) is 53.4 Å². The van der Waals surface area contributed by atoms with Crippen molar-refractivity contribution in [2.75, 3.05) is 13.1 Å². The Kier molecular flexibility index (Phi) is 3.97. The number of nitrogens with zero attached hydrogens (tertiary/aromatic N) is 2. The van der Waals surface area contributed by atoms with Crippen LogP contribution in [0.15, 0.2) is 63.9 Å². The summed E-state index contributed by atoms with van der Waals surface area (Å²) in [6, 6.07) is 16.7. The van der Waals surface area contributed by atoms with Crippen molar-refractivity contribution in [2.24, 2.45) is 0 Å². The zero-order valence-electron chi connectivity index (χ0n) is 15.2. The molecule has 4 aromatic rings. The number of nitrogens with one attached hydrogen (secondary N) is 1. The molecule has 0 radical (unpaired) electrons. The van der Waals surface area contributed by atoms with Gasteiger partial charge < -0.3 is 14.4 Å². The molecule has 1 aliphatic heterocycles. The minimum atomic E-state index is -0.258. The van der Waals surface area contributed by atoms with Crippen molar-refractivity contribution >= 4 is 27.8 Å². The molecule has 28 heavy (non-hydrogen) atoms. The number of hydrogen-bond acceptors (Lipinski definition) is 4. The van der Waals surface area contributed by atoms with E-state index in [1.54, 1.807) is 0 Å². The number of para-hydroxylation sites is 2. The highest BCUT2D eigenvalue weighted by atomic mass is 16.5. The van der Waals surface area contributed by atoms with Gasteiger partial charge in [-0.25, -0.2) is 0 Å². The van der Waals surface area contributed by atoms with Crippen LogP contribution in [0.5, 0.6) is 0 Å². The van der Waals surface area contributed by atoms with Crippen LogP contribution in [0, 0.1) is 0 Å². The van der Waals surface area contributed by atoms with Crippen LogP contribution >= 0.6 is 0 Å². The average Bonchev–Trinajstić information content (AvgIpc) is 3.17. The molecule has 0 unspecified atom stereocenters. The Hall–Kier alpha value is -3.41. The van der Waals surface area contributed by atoms with Gasteiger partial charge in [-0.2, -0.15) is 0 Å². The van der Waals surface area contributed by atoms with Gasteiger partial charge >= 0.3 is 0 Å². The smallest absolute Gasteiger partial charge is 0.254 e. The maximum atomic E-state index is 13.1. The monoisotopic (exact) mass is 373 g/mol. The molecule has 0 bridgehead atoms. The number of aromatic amines is 1. The first kappa shape index (κ1) is 16.7. The summed E-state index contributed by atoms with van der Waals surface area (Å²) in [7, 11) is 0. The summed E-state index contributed by atoms with van der Waals surface area (Å²) in [4.78, 5) is 29.7. The van der Waals surface area contributed by atoms with Gasteiger partial charge in [0.1, 0.15) is 0 Å². The van der Waals surface area contributed by atoms with Gasteiger partial charge in [0.25, 0.3) is 5.91 Å². The number of aromatic nitrogens is 2. The first-order chi connectivity index (χ1) is 13.7. The number of fused-ring (bicyclic) bond motifs is 2. The zero-order valence-corrected chi connectivity index (χ0v) is 15.2. The van der Waals surface area contributed by atoms with Crippen LogP contribution in [0.25, 0.3) is 21.9 Å². The fourth-order valence-electron chi connectivity index (χ4n) is 4.11. The fraction of sp³-hybridized carbons (Fsp3) is 0.227. The lowest BCUT2D eigenvalue weighted by Gasteiger charge is -2.31. The van der Waals surface area contributed by atoms with E-state index >= 15 is 0 Å². The molecule has 1 saturated heterocycles. The van der Waals surface area contributed by atoms with E-state index in [9.17, 15) is 9.59 Å². The summed E-state index contributed by atoms with van der Waals surface area (Å²) in [6.45, 7) is 1.26. The van der Waals surface area contributed by atoms with E-state index in [4.69, 9.17) is 4.52 Å². The lowest BCUT2D eigenvalue weighted by atomic mass is 9.91. The Labute approximate surface area is 160 Å². The second kappa shape index (κ2) is 6.64. The molecule has 0 aliphatic carbocycles. The topological polar surface area (TPSA) is 79.2 Å². The molecule has 0 saturated carbocycles. The van der Waals surface area contributed by atoms with Crippen LogP contribution in [0.4, 0.5) is 0 Å². The molecule has 6 heteroatoms. The van der Waals surface area contributed by atoms with Crippen LogP contribution in [0.3, 0.4) is 0 Å². The van der Waals surface area contributed by atoms with Gasteiger partial charge in [-0.3, -0.25) is 9.59 Å². The third-order valence-corrected chi connectivity index (χ3v) is 5.56. The first-order valence-electron chi connectivity index (χ1n) is 9.46. The average molecular weight is 373 g/mol. The van der Waals surface area contributed by atoms with Crippen LogP contribution < -0.4 is 5.56 Å². The van der Waals surface area contributed by atoms with Crippen molar-refractivity contribution in [3.05, 3.63) is 76.2 Å². The highest BCUT2D eigenvalue weighted by molar-refractivity contribution is 6.06. The van der Waals surface area contributed by atoms with Crippen LogP contribution in [0.1, 0.15) is 34.8 Å². The van der Waals surface area contributed by atoms with E-state index in [0.717, 1.165) is 34.9 Å². The first-order valence-corrected chi connectivity index (χ1v) is 9.46. The van der Waals surface area contributed by atoms with Crippen LogP contribution in [-0.2, 0) is 0 Å². The highest BCUT2D eigenvalue weighted by Gasteiger charge is 2.28. The minimum absolute atomic E-state index is 0.0919. The molecule has 1 amide bonds. The number of hydrogen-bond donors (Lipinski definition) is 1. The largest absolute Gasteiger partial charge is 0.356 e. The predicted octanol–water partition coefficient (Wildman–Crippen LogP) is 3.69. The number of benzene rings is 2. The van der Waals surface area contributed by atoms with Gasteiger partial charge in [-0.1, -0.05) is 35.5 Å². The van der Waals surface area contributed by atoms with Gasteiger partial charge in [0.15, 0.2) is 5.58 Å². The highest BCUT2D eigenvalue weighted by Crippen LogP contribution is 2.33. The second-order valence-corrected chi connectivity index (χ2v) is 7.22. The summed E-state index contributed by atoms with van der Waals surface area (Å²) < 4.78 is 5.44. The molecule has 1 N–H and O–H groups in total. The van der Waals surface area contributed by atoms with Crippen molar-refractivity contribution in [3.63, 3.8) is 0 Å². The number of amides is 1. The summed E-state index contributed by atoms with van der Waals surface area (Å²) in [5.41, 5.74) is 2.66. The number of likely N-dealkylation sites (tertiary alicyclic amines) is 1. The normalized spacial score (nSPS) is 15.4. The summed E-state index contributed by atoms with van der Waals surface area (Å²) in [5, 5.41) is 6.10. The van der Waals surface area contributed by atoms with Gasteiger partial charge in [0, 0.05) is 41.4 Å². The van der Waals surface area contributed by atoms with Crippen molar-refractivity contribution in [2.45, 2.75) is 18.8 Å². The molecule has 1 fully saturated rings. The maximum absolute atomic E-state index is 13.1. The zero-order chi connectivity index (χ0) is 19.1. The van der Waals surface area contributed by atoms with E-state index in [0.29, 0.717) is 24.2 Å². The van der Waals surface area contributed by atoms with Crippen LogP contribution in [0.2, 0.25) is 0 Å². The maximum Gasteiger partial charge on any atom is 0.254 e. The van der Waals surface area contributed by atoms with E-state index in [2.05, 4.69) is 10.1 Å². The summed E-state index contributed by atoms with van der Waals surface area (Å²) in [6.07, 6.45) is 1.65. The standard InChI is InChI=1S/C22H19N3O3/c26-20-13-17(15-5-1-3-7-18(15)23-20)22(27)25-11-9-14(10-12-25)21-16-6-2-4-8-19(16)28-24-21/h1-8,13-14H,9-12H2,(H,23,26). The number of carbonyl (C=O) groups excluding carboxylic acids is 1. The van der Waals surface area contributed by atoms with Gasteiger partial charge in [0.2, 0.25) is 5.56 Å². The number of H-pyrrole nitrogens is 1. The molecular formula is C22H19N3O3. The molecule has 3 heterocycles. The summed E-state index contributed by atoms with van der Waals surface area (Å²) in [5.74, 6) is 0.175. The van der Waals surface area contributed by atoms with Crippen molar-refractivity contribution < 1.29 is 9.32 Å². The molecule has 5 rings (SSSR count). The van der Waals surface area contributed by atoms with Crippen molar-refractivity contribution in [1.82, 2.24) is 15.0 Å². The number of rotatable bonds is 2. The molecule has 1 aliphatic rings. The van der Waals surface area contributed by atoms with Crippen molar-refractivity contribution in [1.29, 1.82) is 0 Å². The number of pyridine rings is 1. The molecule has 140 valence electrons. The van der Waals surface area contributed by atoms with Crippen LogP contribution in [-0.4, -0.2) is 34.0 Å². The fourth-order valence-corrected chi connectivity index (χ4v) is 4.11. The van der Waals surface area contributed by atoms with Crippen molar-refractivity contribution in [3.8, 4) is 0 Å². The Morgan fingerprint density at radius 1 is 1.04 bits per heavy atom. The Morgan fingerprint density at radius 3 is 2.57 bits per heavy atom. The molecule has 0 spiro atoms. The molecule has 6 nitrogen and oxygen atoms in total. The lowest BCUT2D eigenvalue weighted by molar-refractivity contribution is 0.0713. The van der Waals surface area contributed by atoms with E-state index < -0.39 is 0 Å². The molecule has 2 aromatic heterocycles. The third kappa shape index (κ3) is 2.78. The quantitative estimate of drug-likeness (QED) is 0.581. The SMILES string of the molecule is O=C(c1cc(=O)[nH]c2ccccc12)N1CCC(c2noc3ccccc23)CC1. The van der Waals surface area contributed by atoms with E-state index in [1.165, 1.54) is 6.07 Å². The van der Waals surface area contributed by atoms with E-state index in [-0.39, 0.29) is 17.4 Å². The van der Waals surface area contributed by atoms with Gasteiger partial charge in [-0.15, -0.1) is 0 Å². The van der Waals surface area contributed by atoms with Gasteiger partial charge in [-0.05, 0) is 31.0 Å². The Balaban J connectivity index is 1.39. The van der Waals surface area contributed by atoms with Gasteiger partial charge in [0.05, 0.1) is 11.3 Å². The minimum Gasteiger partial charge on any atom is -0.356 e. The number of piperidine rings is 1. The third-order valence-electron chi connectivity index (χ3n) is 5.56.